The lowest BCUT2D eigenvalue weighted by atomic mass is 10.0. The van der Waals surface area contributed by atoms with E-state index in [1.54, 1.807) is 12.4 Å². The topological polar surface area (TPSA) is 73.1 Å². The maximum absolute atomic E-state index is 9.15. The minimum atomic E-state index is 0.576. The summed E-state index contributed by atoms with van der Waals surface area (Å²) < 4.78 is 7.51. The van der Waals surface area contributed by atoms with E-state index in [4.69, 9.17) is 14.7 Å². The standard InChI is InChI=1S/C33H22BN4O2/c39-34-40-25-14-15-33-27(21-25)26-10-1-2-13-32(26)38(33)24-9-7-8-22(18-24)23-19-30(28-11-3-5-16-35-28)37-31(20-23)29-12-4-6-17-36-29/h1-21,39H. The van der Waals surface area contributed by atoms with Gasteiger partial charge < -0.3 is 14.2 Å². The number of hydrogen-bond acceptors (Lipinski definition) is 5. The quantitative estimate of drug-likeness (QED) is 0.244. The second-order valence-corrected chi connectivity index (χ2v) is 9.36. The molecule has 4 aromatic heterocycles. The minimum absolute atomic E-state index is 0.576. The second-order valence-electron chi connectivity index (χ2n) is 9.36. The number of aromatic nitrogens is 4. The zero-order chi connectivity index (χ0) is 26.9. The fourth-order valence-corrected chi connectivity index (χ4v) is 5.18. The van der Waals surface area contributed by atoms with E-state index < -0.39 is 0 Å². The summed E-state index contributed by atoms with van der Waals surface area (Å²) in [7, 11) is 0.705. The normalized spacial score (nSPS) is 11.1. The Hall–Kier alpha value is -5.27. The van der Waals surface area contributed by atoms with Crippen LogP contribution in [0.1, 0.15) is 0 Å². The van der Waals surface area contributed by atoms with Gasteiger partial charge in [-0.2, -0.15) is 0 Å². The Bertz CT molecular complexity index is 1920. The summed E-state index contributed by atoms with van der Waals surface area (Å²) in [5, 5.41) is 11.3. The first-order valence-electron chi connectivity index (χ1n) is 12.9. The average Bonchev–Trinajstić information content (AvgIpc) is 3.36. The molecule has 4 heterocycles. The smallest absolute Gasteiger partial charge is 0.537 e. The molecule has 3 aromatic carbocycles. The Morgan fingerprint density at radius 3 is 1.98 bits per heavy atom. The highest BCUT2D eigenvalue weighted by atomic mass is 16.5. The average molecular weight is 517 g/mol. The van der Waals surface area contributed by atoms with Crippen molar-refractivity contribution in [3.63, 3.8) is 0 Å². The van der Waals surface area contributed by atoms with Crippen molar-refractivity contribution in [3.05, 3.63) is 128 Å². The zero-order valence-corrected chi connectivity index (χ0v) is 21.3. The van der Waals surface area contributed by atoms with E-state index in [0.29, 0.717) is 13.4 Å². The first kappa shape index (κ1) is 23.8. The van der Waals surface area contributed by atoms with Crippen LogP contribution < -0.4 is 4.65 Å². The van der Waals surface area contributed by atoms with Gasteiger partial charge in [0, 0.05) is 28.9 Å². The van der Waals surface area contributed by atoms with Crippen LogP contribution in [0.4, 0.5) is 0 Å². The van der Waals surface area contributed by atoms with Gasteiger partial charge in [-0.15, -0.1) is 0 Å². The van der Waals surface area contributed by atoms with Crippen molar-refractivity contribution in [2.75, 3.05) is 0 Å². The van der Waals surface area contributed by atoms with Crippen molar-refractivity contribution in [1.82, 2.24) is 19.5 Å². The molecule has 7 heteroatoms. The Labute approximate surface area is 231 Å². The first-order chi connectivity index (χ1) is 19.8. The van der Waals surface area contributed by atoms with Gasteiger partial charge in [0.2, 0.25) is 0 Å². The third kappa shape index (κ3) is 4.28. The monoisotopic (exact) mass is 517 g/mol. The number of fused-ring (bicyclic) bond motifs is 3. The van der Waals surface area contributed by atoms with Gasteiger partial charge in [-0.05, 0) is 83.9 Å². The van der Waals surface area contributed by atoms with Gasteiger partial charge in [-0.3, -0.25) is 9.97 Å². The molecular weight excluding hydrogens is 495 g/mol. The molecular formula is C33H22BN4O2. The highest BCUT2D eigenvalue weighted by Gasteiger charge is 2.15. The number of pyridine rings is 3. The summed E-state index contributed by atoms with van der Waals surface area (Å²) in [4.78, 5) is 14.0. The molecule has 0 spiro atoms. The van der Waals surface area contributed by atoms with Crippen molar-refractivity contribution >= 4 is 29.5 Å². The van der Waals surface area contributed by atoms with Crippen LogP contribution in [0.5, 0.6) is 5.75 Å². The molecule has 0 bridgehead atoms. The van der Waals surface area contributed by atoms with Gasteiger partial charge in [0.05, 0.1) is 33.8 Å². The van der Waals surface area contributed by atoms with Crippen LogP contribution in [0.2, 0.25) is 0 Å². The number of hydrogen-bond donors (Lipinski definition) is 1. The molecule has 7 aromatic rings. The van der Waals surface area contributed by atoms with E-state index >= 15 is 0 Å². The summed E-state index contributed by atoms with van der Waals surface area (Å²) in [6, 6.07) is 38.4. The highest BCUT2D eigenvalue weighted by Crippen LogP contribution is 2.36. The SMILES string of the molecule is O[B]Oc1ccc2c(c1)c1ccccc1n2-c1cccc(-c2cc(-c3ccccn3)nc(-c3ccccn3)c2)c1. The van der Waals surface area contributed by atoms with E-state index in [9.17, 15) is 0 Å². The van der Waals surface area contributed by atoms with Crippen LogP contribution in [-0.2, 0) is 0 Å². The number of para-hydroxylation sites is 1. The fraction of sp³-hybridized carbons (Fsp3) is 0. The molecule has 0 aliphatic heterocycles. The molecule has 189 valence electrons. The van der Waals surface area contributed by atoms with Crippen molar-refractivity contribution in [2.24, 2.45) is 0 Å². The molecule has 0 atom stereocenters. The van der Waals surface area contributed by atoms with Crippen LogP contribution in [0.15, 0.2) is 128 Å². The summed E-state index contributed by atoms with van der Waals surface area (Å²) >= 11 is 0. The van der Waals surface area contributed by atoms with Gasteiger partial charge in [0.15, 0.2) is 0 Å². The molecule has 0 saturated heterocycles. The summed E-state index contributed by atoms with van der Waals surface area (Å²) in [5.41, 5.74) is 8.41. The molecule has 0 fully saturated rings. The maximum Gasteiger partial charge on any atom is 0.569 e. The number of nitrogens with zero attached hydrogens (tertiary/aromatic N) is 4. The molecule has 7 rings (SSSR count). The molecule has 6 nitrogen and oxygen atoms in total. The van der Waals surface area contributed by atoms with E-state index in [1.807, 2.05) is 66.7 Å². The fourth-order valence-electron chi connectivity index (χ4n) is 5.18. The van der Waals surface area contributed by atoms with Crippen LogP contribution in [0.3, 0.4) is 0 Å². The maximum atomic E-state index is 9.15. The lowest BCUT2D eigenvalue weighted by molar-refractivity contribution is 0.454. The van der Waals surface area contributed by atoms with Gasteiger partial charge in [-0.1, -0.05) is 42.5 Å². The van der Waals surface area contributed by atoms with Gasteiger partial charge in [0.25, 0.3) is 0 Å². The zero-order valence-electron chi connectivity index (χ0n) is 21.3. The largest absolute Gasteiger partial charge is 0.569 e. The van der Waals surface area contributed by atoms with Gasteiger partial charge in [0.1, 0.15) is 5.75 Å². The van der Waals surface area contributed by atoms with Crippen LogP contribution in [0, 0.1) is 0 Å². The lowest BCUT2D eigenvalue weighted by Crippen LogP contribution is -1.99. The Balaban J connectivity index is 1.42. The number of rotatable bonds is 6. The third-order valence-electron chi connectivity index (χ3n) is 6.95. The lowest BCUT2D eigenvalue weighted by Gasteiger charge is -2.12. The van der Waals surface area contributed by atoms with Crippen molar-refractivity contribution in [3.8, 4) is 45.3 Å². The second kappa shape index (κ2) is 10.1. The highest BCUT2D eigenvalue weighted by molar-refractivity contribution is 6.17. The molecule has 0 saturated carbocycles. The van der Waals surface area contributed by atoms with Crippen molar-refractivity contribution < 1.29 is 9.68 Å². The van der Waals surface area contributed by atoms with E-state index in [1.165, 1.54) is 0 Å². The van der Waals surface area contributed by atoms with Gasteiger partial charge in [-0.25, -0.2) is 4.98 Å². The molecule has 0 amide bonds. The van der Waals surface area contributed by atoms with Crippen LogP contribution in [-0.4, -0.2) is 32.2 Å². The summed E-state index contributed by atoms with van der Waals surface area (Å²) in [5.74, 6) is 0.576. The Morgan fingerprint density at radius 1 is 0.575 bits per heavy atom. The predicted octanol–water partition coefficient (Wildman–Crippen LogP) is 6.88. The summed E-state index contributed by atoms with van der Waals surface area (Å²) in [6.45, 7) is 0. The van der Waals surface area contributed by atoms with E-state index in [-0.39, 0.29) is 0 Å². The first-order valence-corrected chi connectivity index (χ1v) is 12.9. The van der Waals surface area contributed by atoms with Crippen molar-refractivity contribution in [1.29, 1.82) is 0 Å². The van der Waals surface area contributed by atoms with Gasteiger partial charge >= 0.3 is 7.69 Å². The number of benzene rings is 3. The van der Waals surface area contributed by atoms with Crippen LogP contribution >= 0.6 is 0 Å². The molecule has 0 aliphatic carbocycles. The molecule has 40 heavy (non-hydrogen) atoms. The van der Waals surface area contributed by atoms with E-state index in [2.05, 4.69) is 63.1 Å². The molecule has 1 radical (unpaired) electrons. The predicted molar refractivity (Wildman–Crippen MR) is 159 cm³/mol. The Kier molecular flexibility index (Phi) is 6.03. The molecule has 0 aliphatic rings. The molecule has 1 N–H and O–H groups in total. The Morgan fingerprint density at radius 2 is 1.27 bits per heavy atom. The van der Waals surface area contributed by atoms with Crippen molar-refractivity contribution in [2.45, 2.75) is 0 Å². The molecule has 0 unspecified atom stereocenters. The third-order valence-corrected chi connectivity index (χ3v) is 6.95. The minimum Gasteiger partial charge on any atom is -0.537 e. The van der Waals surface area contributed by atoms with E-state index in [0.717, 1.165) is 61.4 Å². The van der Waals surface area contributed by atoms with Crippen LogP contribution in [0.25, 0.3) is 61.4 Å². The summed E-state index contributed by atoms with van der Waals surface area (Å²) in [6.07, 6.45) is 3.56.